The maximum Gasteiger partial charge on any atom is 0.264 e. The van der Waals surface area contributed by atoms with E-state index in [1.807, 2.05) is 6.92 Å². The molecule has 120 valence electrons. The molecule has 0 saturated heterocycles. The van der Waals surface area contributed by atoms with Gasteiger partial charge in [0.05, 0.1) is 23.3 Å². The number of ether oxygens (including phenoxy) is 1. The number of fused-ring (bicyclic) bond motifs is 1. The van der Waals surface area contributed by atoms with Gasteiger partial charge < -0.3 is 4.74 Å². The fraction of sp³-hybridized carbons (Fsp3) is 0.235. The average Bonchev–Trinajstić information content (AvgIpc) is 2.54. The summed E-state index contributed by atoms with van der Waals surface area (Å²) in [4.78, 5) is 12.4. The number of Topliss-reactive ketones (excluding diaryl/α,β-unsaturated/α-hetero) is 1. The second-order valence-corrected chi connectivity index (χ2v) is 7.28. The number of ketones is 1. The molecular formula is C17H17NO4S. The largest absolute Gasteiger partial charge is 0.496 e. The average molecular weight is 331 g/mol. The normalized spacial score (nSPS) is 14.5. The first-order valence-electron chi connectivity index (χ1n) is 7.25. The van der Waals surface area contributed by atoms with Crippen molar-refractivity contribution in [3.63, 3.8) is 0 Å². The summed E-state index contributed by atoms with van der Waals surface area (Å²) in [5, 5.41) is 0. The Morgan fingerprint density at radius 2 is 1.78 bits per heavy atom. The molecule has 0 spiro atoms. The Hall–Kier alpha value is -2.34. The van der Waals surface area contributed by atoms with Crippen LogP contribution in [0.4, 0.5) is 5.69 Å². The monoisotopic (exact) mass is 331 g/mol. The Balaban J connectivity index is 2.14. The van der Waals surface area contributed by atoms with E-state index < -0.39 is 10.0 Å². The molecule has 0 saturated carbocycles. The SMILES string of the molecule is COc1cccc2c1C(=O)CCN2S(=O)(=O)c1ccc(C)cc1. The van der Waals surface area contributed by atoms with Gasteiger partial charge in [0, 0.05) is 13.0 Å². The van der Waals surface area contributed by atoms with E-state index in [4.69, 9.17) is 4.74 Å². The van der Waals surface area contributed by atoms with Crippen LogP contribution in [-0.2, 0) is 10.0 Å². The summed E-state index contributed by atoms with van der Waals surface area (Å²) in [5.41, 5.74) is 1.69. The number of aryl methyl sites for hydroxylation is 1. The first-order valence-corrected chi connectivity index (χ1v) is 8.69. The molecule has 0 aromatic heterocycles. The van der Waals surface area contributed by atoms with Gasteiger partial charge >= 0.3 is 0 Å². The van der Waals surface area contributed by atoms with E-state index in [0.29, 0.717) is 17.0 Å². The zero-order valence-corrected chi connectivity index (χ0v) is 13.8. The number of sulfonamides is 1. The van der Waals surface area contributed by atoms with Crippen molar-refractivity contribution < 1.29 is 17.9 Å². The van der Waals surface area contributed by atoms with Crippen LogP contribution in [0.1, 0.15) is 22.3 Å². The second kappa shape index (κ2) is 5.70. The highest BCUT2D eigenvalue weighted by Gasteiger charge is 2.34. The molecule has 0 atom stereocenters. The Bertz CT molecular complexity index is 857. The van der Waals surface area contributed by atoms with Crippen LogP contribution in [-0.4, -0.2) is 27.9 Å². The lowest BCUT2D eigenvalue weighted by molar-refractivity contribution is 0.0979. The van der Waals surface area contributed by atoms with Crippen molar-refractivity contribution in [2.24, 2.45) is 0 Å². The van der Waals surface area contributed by atoms with Crippen LogP contribution in [0, 0.1) is 6.92 Å². The number of rotatable bonds is 3. The fourth-order valence-electron chi connectivity index (χ4n) is 2.71. The van der Waals surface area contributed by atoms with Gasteiger partial charge in [-0.3, -0.25) is 9.10 Å². The summed E-state index contributed by atoms with van der Waals surface area (Å²) in [5.74, 6) is 0.295. The molecular weight excluding hydrogens is 314 g/mol. The van der Waals surface area contributed by atoms with E-state index in [-0.39, 0.29) is 23.6 Å². The topological polar surface area (TPSA) is 63.7 Å². The third-order valence-corrected chi connectivity index (χ3v) is 5.75. The molecule has 2 aromatic rings. The molecule has 0 N–H and O–H groups in total. The predicted octanol–water partition coefficient (Wildman–Crippen LogP) is 2.79. The molecule has 6 heteroatoms. The van der Waals surface area contributed by atoms with Crippen molar-refractivity contribution in [3.05, 3.63) is 53.6 Å². The molecule has 23 heavy (non-hydrogen) atoms. The molecule has 5 nitrogen and oxygen atoms in total. The van der Waals surface area contributed by atoms with Crippen molar-refractivity contribution >= 4 is 21.5 Å². The summed E-state index contributed by atoms with van der Waals surface area (Å²) < 4.78 is 32.4. The minimum absolute atomic E-state index is 0.104. The molecule has 2 aromatic carbocycles. The van der Waals surface area contributed by atoms with Gasteiger partial charge in [-0.2, -0.15) is 0 Å². The second-order valence-electron chi connectivity index (χ2n) is 5.42. The number of nitrogens with zero attached hydrogens (tertiary/aromatic N) is 1. The van der Waals surface area contributed by atoms with Gasteiger partial charge in [0.1, 0.15) is 5.75 Å². The zero-order chi connectivity index (χ0) is 16.6. The molecule has 1 aliphatic rings. The maximum atomic E-state index is 12.9. The van der Waals surface area contributed by atoms with Crippen LogP contribution in [0.5, 0.6) is 5.75 Å². The van der Waals surface area contributed by atoms with Crippen molar-refractivity contribution in [1.29, 1.82) is 0 Å². The van der Waals surface area contributed by atoms with Gasteiger partial charge in [-0.25, -0.2) is 8.42 Å². The number of carbonyl (C=O) groups excluding carboxylic acids is 1. The van der Waals surface area contributed by atoms with Crippen molar-refractivity contribution in [2.45, 2.75) is 18.2 Å². The lowest BCUT2D eigenvalue weighted by Crippen LogP contribution is -2.37. The highest BCUT2D eigenvalue weighted by molar-refractivity contribution is 7.92. The van der Waals surface area contributed by atoms with Crippen LogP contribution in [0.3, 0.4) is 0 Å². The summed E-state index contributed by atoms with van der Waals surface area (Å²) in [6, 6.07) is 11.7. The standard InChI is InChI=1S/C17H17NO4S/c1-12-6-8-13(9-7-12)23(20,21)18-11-10-15(19)17-14(18)4-3-5-16(17)22-2/h3-9H,10-11H2,1-2H3. The molecule has 1 aliphatic heterocycles. The summed E-state index contributed by atoms with van der Waals surface area (Å²) in [6.07, 6.45) is 0.137. The molecule has 0 radical (unpaired) electrons. The lowest BCUT2D eigenvalue weighted by Gasteiger charge is -2.30. The quantitative estimate of drug-likeness (QED) is 0.867. The lowest BCUT2D eigenvalue weighted by atomic mass is 10.0. The van der Waals surface area contributed by atoms with Crippen LogP contribution in [0.25, 0.3) is 0 Å². The van der Waals surface area contributed by atoms with E-state index in [2.05, 4.69) is 0 Å². The molecule has 0 aliphatic carbocycles. The Morgan fingerprint density at radius 1 is 1.09 bits per heavy atom. The zero-order valence-electron chi connectivity index (χ0n) is 12.9. The number of hydrogen-bond donors (Lipinski definition) is 0. The predicted molar refractivity (Wildman–Crippen MR) is 87.7 cm³/mol. The van der Waals surface area contributed by atoms with Crippen LogP contribution in [0.2, 0.25) is 0 Å². The van der Waals surface area contributed by atoms with Gasteiger partial charge in [-0.05, 0) is 31.2 Å². The number of carbonyl (C=O) groups is 1. The number of hydrogen-bond acceptors (Lipinski definition) is 4. The van der Waals surface area contributed by atoms with Crippen LogP contribution < -0.4 is 9.04 Å². The molecule has 0 unspecified atom stereocenters. The molecule has 0 bridgehead atoms. The first-order chi connectivity index (χ1) is 10.9. The highest BCUT2D eigenvalue weighted by atomic mass is 32.2. The minimum Gasteiger partial charge on any atom is -0.496 e. The van der Waals surface area contributed by atoms with Gasteiger partial charge in [-0.1, -0.05) is 23.8 Å². The number of benzene rings is 2. The highest BCUT2D eigenvalue weighted by Crippen LogP contribution is 2.37. The molecule has 0 amide bonds. The summed E-state index contributed by atoms with van der Waals surface area (Å²) in [7, 11) is -2.25. The maximum absolute atomic E-state index is 12.9. The van der Waals surface area contributed by atoms with E-state index in [1.165, 1.54) is 11.4 Å². The Kier molecular flexibility index (Phi) is 3.85. The van der Waals surface area contributed by atoms with Crippen molar-refractivity contribution in [2.75, 3.05) is 18.0 Å². The number of anilines is 1. The number of methoxy groups -OCH3 is 1. The van der Waals surface area contributed by atoms with E-state index >= 15 is 0 Å². The van der Waals surface area contributed by atoms with Crippen LogP contribution >= 0.6 is 0 Å². The first kappa shape index (κ1) is 15.6. The van der Waals surface area contributed by atoms with Crippen LogP contribution in [0.15, 0.2) is 47.4 Å². The van der Waals surface area contributed by atoms with Gasteiger partial charge in [0.2, 0.25) is 0 Å². The van der Waals surface area contributed by atoms with Crippen molar-refractivity contribution in [1.82, 2.24) is 0 Å². The van der Waals surface area contributed by atoms with Gasteiger partial charge in [0.25, 0.3) is 10.0 Å². The van der Waals surface area contributed by atoms with E-state index in [9.17, 15) is 13.2 Å². The molecule has 0 fully saturated rings. The Morgan fingerprint density at radius 3 is 2.43 bits per heavy atom. The summed E-state index contributed by atoms with van der Waals surface area (Å²) >= 11 is 0. The van der Waals surface area contributed by atoms with E-state index in [1.54, 1.807) is 42.5 Å². The van der Waals surface area contributed by atoms with Crippen molar-refractivity contribution in [3.8, 4) is 5.75 Å². The fourth-order valence-corrected chi connectivity index (χ4v) is 4.19. The molecule has 1 heterocycles. The third kappa shape index (κ3) is 2.59. The Labute approximate surface area is 135 Å². The third-order valence-electron chi connectivity index (χ3n) is 3.92. The van der Waals surface area contributed by atoms with E-state index in [0.717, 1.165) is 5.56 Å². The molecule has 3 rings (SSSR count). The smallest absolute Gasteiger partial charge is 0.264 e. The van der Waals surface area contributed by atoms with Gasteiger partial charge in [-0.15, -0.1) is 0 Å². The summed E-state index contributed by atoms with van der Waals surface area (Å²) in [6.45, 7) is 2.03. The minimum atomic E-state index is -3.72. The van der Waals surface area contributed by atoms with Gasteiger partial charge in [0.15, 0.2) is 5.78 Å².